The van der Waals surface area contributed by atoms with E-state index in [9.17, 15) is 0 Å². The van der Waals surface area contributed by atoms with Crippen LogP contribution in [0.15, 0.2) is 54.2 Å². The molecule has 0 radical (unpaired) electrons. The molecule has 0 saturated carbocycles. The van der Waals surface area contributed by atoms with Gasteiger partial charge in [-0.05, 0) is 0 Å². The summed E-state index contributed by atoms with van der Waals surface area (Å²) in [6.07, 6.45) is 8.44. The summed E-state index contributed by atoms with van der Waals surface area (Å²) >= 11 is 0. The van der Waals surface area contributed by atoms with E-state index < -0.39 is 0 Å². The van der Waals surface area contributed by atoms with Crippen molar-refractivity contribution in [2.75, 3.05) is 12.8 Å². The summed E-state index contributed by atoms with van der Waals surface area (Å²) in [4.78, 5) is 0. The van der Waals surface area contributed by atoms with E-state index in [-0.39, 0.29) is 6.35 Å². The number of oxime groups is 1. The molecule has 6 nitrogen and oxygen atoms in total. The Bertz CT molecular complexity index is 552. The van der Waals surface area contributed by atoms with E-state index >= 15 is 0 Å². The van der Waals surface area contributed by atoms with Gasteiger partial charge >= 0.3 is 6.35 Å². The lowest BCUT2D eigenvalue weighted by Crippen LogP contribution is -2.57. The maximum atomic E-state index is 8.47. The van der Waals surface area contributed by atoms with Crippen molar-refractivity contribution in [1.29, 1.82) is 0 Å². The molecular formula is C13H16N4O2+2. The maximum absolute atomic E-state index is 8.47. The number of aromatic nitrogens is 2. The highest BCUT2D eigenvalue weighted by Gasteiger charge is 2.26. The molecule has 0 amide bonds. The van der Waals surface area contributed by atoms with Gasteiger partial charge in [0, 0.05) is 42.6 Å². The van der Waals surface area contributed by atoms with Crippen LogP contribution in [0.4, 0.5) is 5.69 Å². The molecule has 0 saturated heterocycles. The minimum atomic E-state index is -0.305. The largest absolute Gasteiger partial charge is 0.474 e. The molecule has 0 fully saturated rings. The Kier molecular flexibility index (Phi) is 4.04. The van der Waals surface area contributed by atoms with Crippen molar-refractivity contribution >= 4 is 11.9 Å². The zero-order valence-electron chi connectivity index (χ0n) is 10.5. The molecule has 2 heterocycles. The first-order chi connectivity index (χ1) is 9.24. The first kappa shape index (κ1) is 13.0. The van der Waals surface area contributed by atoms with Gasteiger partial charge in [-0.1, -0.05) is 5.16 Å². The predicted molar refractivity (Wildman–Crippen MR) is 68.5 cm³/mol. The van der Waals surface area contributed by atoms with E-state index in [0.717, 1.165) is 5.56 Å². The van der Waals surface area contributed by atoms with Gasteiger partial charge in [-0.3, -0.25) is 4.74 Å². The Hall–Kier alpha value is -2.47. The fourth-order valence-corrected chi connectivity index (χ4v) is 1.74. The third kappa shape index (κ3) is 3.05. The van der Waals surface area contributed by atoms with E-state index in [1.165, 1.54) is 6.21 Å². The molecule has 19 heavy (non-hydrogen) atoms. The van der Waals surface area contributed by atoms with Gasteiger partial charge in [0.05, 0.1) is 6.21 Å². The number of rotatable bonds is 4. The van der Waals surface area contributed by atoms with Crippen molar-refractivity contribution in [3.8, 4) is 0 Å². The average Bonchev–Trinajstić information content (AvgIpc) is 2.44. The van der Waals surface area contributed by atoms with Crippen LogP contribution in [-0.4, -0.2) is 18.5 Å². The molecule has 0 aromatic carbocycles. The number of ether oxygens (including phenoxy) is 1. The lowest BCUT2D eigenvalue weighted by atomic mass is 10.3. The zero-order chi connectivity index (χ0) is 13.7. The average molecular weight is 260 g/mol. The Morgan fingerprint density at radius 2 is 1.68 bits per heavy atom. The van der Waals surface area contributed by atoms with E-state index in [2.05, 4.69) is 5.16 Å². The third-order valence-electron chi connectivity index (χ3n) is 2.68. The van der Waals surface area contributed by atoms with Crippen LogP contribution in [-0.2, 0) is 4.74 Å². The molecule has 2 rings (SSSR count). The lowest BCUT2D eigenvalue weighted by Gasteiger charge is -2.05. The van der Waals surface area contributed by atoms with Gasteiger partial charge in [-0.15, -0.1) is 9.13 Å². The highest BCUT2D eigenvalue weighted by molar-refractivity contribution is 5.78. The molecule has 0 aliphatic rings. The van der Waals surface area contributed by atoms with Crippen LogP contribution >= 0.6 is 0 Å². The highest BCUT2D eigenvalue weighted by atomic mass is 16.5. The summed E-state index contributed by atoms with van der Waals surface area (Å²) < 4.78 is 9.23. The molecule has 3 N–H and O–H groups in total. The van der Waals surface area contributed by atoms with E-state index in [1.807, 2.05) is 46.1 Å². The Labute approximate surface area is 111 Å². The Morgan fingerprint density at radius 1 is 1.16 bits per heavy atom. The molecular weight excluding hydrogens is 244 g/mol. The molecule has 0 aliphatic carbocycles. The summed E-state index contributed by atoms with van der Waals surface area (Å²) in [7, 11) is 1.63. The minimum Gasteiger partial charge on any atom is -0.411 e. The normalized spacial score (nSPS) is 12.7. The standard InChI is InChI=1S/C13H14N4O2/c1-19-13(17-8-4-12(14)5-9-17)16-6-2-11(3-7-16)10-15-18/h2-10,13-14H,1H3/p+2. The zero-order valence-corrected chi connectivity index (χ0v) is 10.5. The monoisotopic (exact) mass is 260 g/mol. The van der Waals surface area contributed by atoms with Crippen LogP contribution in [0.2, 0.25) is 0 Å². The second-order valence-electron chi connectivity index (χ2n) is 3.96. The highest BCUT2D eigenvalue weighted by Crippen LogP contribution is 1.99. The fourth-order valence-electron chi connectivity index (χ4n) is 1.74. The van der Waals surface area contributed by atoms with Gasteiger partial charge in [0.2, 0.25) is 0 Å². The number of nitrogens with zero attached hydrogens (tertiary/aromatic N) is 3. The van der Waals surface area contributed by atoms with Crippen molar-refractivity contribution in [2.24, 2.45) is 5.16 Å². The molecule has 2 aromatic heterocycles. The number of hydrogen-bond donors (Lipinski definition) is 2. The molecule has 1 atom stereocenters. The summed E-state index contributed by atoms with van der Waals surface area (Å²) in [5.41, 5.74) is 7.16. The molecule has 0 spiro atoms. The van der Waals surface area contributed by atoms with Gasteiger partial charge in [-0.2, -0.15) is 0 Å². The van der Waals surface area contributed by atoms with E-state index in [1.54, 1.807) is 19.2 Å². The quantitative estimate of drug-likeness (QED) is 0.359. The first-order valence-electron chi connectivity index (χ1n) is 5.72. The second-order valence-corrected chi connectivity index (χ2v) is 3.96. The van der Waals surface area contributed by atoms with Crippen LogP contribution in [0.3, 0.4) is 0 Å². The van der Waals surface area contributed by atoms with Gasteiger partial charge in [-0.25, -0.2) is 0 Å². The van der Waals surface area contributed by atoms with Crippen LogP contribution in [0.1, 0.15) is 11.9 Å². The number of hydrogen-bond acceptors (Lipinski definition) is 4. The van der Waals surface area contributed by atoms with Crippen LogP contribution in [0.5, 0.6) is 0 Å². The molecule has 2 aromatic rings. The van der Waals surface area contributed by atoms with Crippen molar-refractivity contribution in [1.82, 2.24) is 0 Å². The SMILES string of the molecule is COC([n+]1ccc(N)cc1)[n+]1ccc(/C=N\O)cc1. The van der Waals surface area contributed by atoms with Crippen molar-refractivity contribution in [3.63, 3.8) is 0 Å². The number of nitrogens with two attached hydrogens (primary N) is 1. The Morgan fingerprint density at radius 3 is 2.16 bits per heavy atom. The number of nitrogen functional groups attached to an aromatic ring is 1. The molecule has 0 aliphatic heterocycles. The fraction of sp³-hybridized carbons (Fsp3) is 0.154. The van der Waals surface area contributed by atoms with Gasteiger partial charge in [0.15, 0.2) is 24.8 Å². The van der Waals surface area contributed by atoms with Crippen LogP contribution < -0.4 is 14.9 Å². The topological polar surface area (TPSA) is 75.6 Å². The van der Waals surface area contributed by atoms with Crippen molar-refractivity contribution in [3.05, 3.63) is 54.6 Å². The number of anilines is 1. The molecule has 1 unspecified atom stereocenters. The smallest absolute Gasteiger partial charge is 0.411 e. The van der Waals surface area contributed by atoms with E-state index in [4.69, 9.17) is 15.7 Å². The molecule has 98 valence electrons. The molecule has 6 heteroatoms. The van der Waals surface area contributed by atoms with Crippen molar-refractivity contribution in [2.45, 2.75) is 6.35 Å². The van der Waals surface area contributed by atoms with E-state index in [0.29, 0.717) is 5.69 Å². The lowest BCUT2D eigenvalue weighted by molar-refractivity contribution is -0.983. The van der Waals surface area contributed by atoms with Crippen LogP contribution in [0.25, 0.3) is 0 Å². The third-order valence-corrected chi connectivity index (χ3v) is 2.68. The van der Waals surface area contributed by atoms with Crippen LogP contribution in [0, 0.1) is 0 Å². The summed E-state index contributed by atoms with van der Waals surface area (Å²) in [5, 5.41) is 11.5. The molecule has 0 bridgehead atoms. The number of pyridine rings is 2. The second kappa shape index (κ2) is 5.92. The Balaban J connectivity index is 2.28. The predicted octanol–water partition coefficient (Wildman–Crippen LogP) is 0.303. The van der Waals surface area contributed by atoms with Gasteiger partial charge in [0.1, 0.15) is 0 Å². The summed E-state index contributed by atoms with van der Waals surface area (Å²) in [6, 6.07) is 7.26. The maximum Gasteiger partial charge on any atom is 0.474 e. The first-order valence-corrected chi connectivity index (χ1v) is 5.72. The van der Waals surface area contributed by atoms with Gasteiger partial charge in [0.25, 0.3) is 0 Å². The number of methoxy groups -OCH3 is 1. The summed E-state index contributed by atoms with van der Waals surface area (Å²) in [5.74, 6) is 0. The summed E-state index contributed by atoms with van der Waals surface area (Å²) in [6.45, 7) is 0. The minimum absolute atomic E-state index is 0.305. The van der Waals surface area contributed by atoms with Gasteiger partial charge < -0.3 is 10.9 Å². The van der Waals surface area contributed by atoms with Crippen molar-refractivity contribution < 1.29 is 19.1 Å².